The number of Topliss-reactive ketones (excluding diaryl/α,β-unsaturated/α-hetero) is 1. The van der Waals surface area contributed by atoms with Gasteiger partial charge in [-0.1, -0.05) is 0 Å². The number of rotatable bonds is 4. The monoisotopic (exact) mass is 317 g/mol. The Bertz CT molecular complexity index is 885. The van der Waals surface area contributed by atoms with Gasteiger partial charge in [-0.2, -0.15) is 9.36 Å². The van der Waals surface area contributed by atoms with E-state index < -0.39 is 5.69 Å². The number of tetrazole rings is 1. The Hall–Kier alpha value is -2.48. The maximum absolute atomic E-state index is 12.4. The number of aromatic nitrogens is 5. The minimum atomic E-state index is -0.416. The highest BCUT2D eigenvalue weighted by molar-refractivity contribution is 7.12. The van der Waals surface area contributed by atoms with Gasteiger partial charge in [0, 0.05) is 24.0 Å². The molecule has 3 aromatic rings. The largest absolute Gasteiger partial charge is 0.369 e. The highest BCUT2D eigenvalue weighted by Gasteiger charge is 2.17. The van der Waals surface area contributed by atoms with Crippen molar-refractivity contribution >= 4 is 17.1 Å². The number of hydrogen-bond acceptors (Lipinski definition) is 5. The number of thiophene rings is 1. The Kier molecular flexibility index (Phi) is 3.53. The molecule has 0 fully saturated rings. The van der Waals surface area contributed by atoms with Crippen molar-refractivity contribution in [1.82, 2.24) is 24.4 Å². The van der Waals surface area contributed by atoms with E-state index in [1.807, 2.05) is 43.0 Å². The SMILES string of the molecule is Cc1cc(C(=O)Cn2nnn(-c3cccs3)c2=O)c(C)n1C. The molecule has 0 bridgehead atoms. The molecule has 0 aliphatic heterocycles. The average molecular weight is 317 g/mol. The lowest BCUT2D eigenvalue weighted by atomic mass is 10.1. The lowest BCUT2D eigenvalue weighted by Gasteiger charge is -2.01. The molecule has 22 heavy (non-hydrogen) atoms. The quantitative estimate of drug-likeness (QED) is 0.680. The highest BCUT2D eigenvalue weighted by atomic mass is 32.1. The Balaban J connectivity index is 1.89. The van der Waals surface area contributed by atoms with Crippen molar-refractivity contribution in [3.05, 3.63) is 51.0 Å². The molecular weight excluding hydrogens is 302 g/mol. The number of carbonyl (C=O) groups excluding carboxylic acids is 1. The molecule has 0 atom stereocenters. The molecular formula is C14H15N5O2S. The van der Waals surface area contributed by atoms with Gasteiger partial charge in [0.15, 0.2) is 5.78 Å². The molecule has 0 saturated carbocycles. The van der Waals surface area contributed by atoms with Crippen LogP contribution in [0, 0.1) is 13.8 Å². The summed E-state index contributed by atoms with van der Waals surface area (Å²) in [6.07, 6.45) is 0. The molecule has 0 spiro atoms. The Morgan fingerprint density at radius 1 is 1.32 bits per heavy atom. The summed E-state index contributed by atoms with van der Waals surface area (Å²) in [5.41, 5.74) is 2.07. The summed E-state index contributed by atoms with van der Waals surface area (Å²) in [6.45, 7) is 3.70. The normalized spacial score (nSPS) is 11.0. The van der Waals surface area contributed by atoms with Crippen LogP contribution >= 0.6 is 11.3 Å². The molecule has 0 aliphatic carbocycles. The summed E-state index contributed by atoms with van der Waals surface area (Å²) in [5, 5.41) is 10.1. The second-order valence-electron chi connectivity index (χ2n) is 5.05. The number of aryl methyl sites for hydroxylation is 1. The molecule has 0 aliphatic rings. The summed E-state index contributed by atoms with van der Waals surface area (Å²) in [4.78, 5) is 24.6. The van der Waals surface area contributed by atoms with E-state index >= 15 is 0 Å². The molecule has 7 nitrogen and oxygen atoms in total. The van der Waals surface area contributed by atoms with Crippen LogP contribution in [0.5, 0.6) is 0 Å². The van der Waals surface area contributed by atoms with Crippen LogP contribution in [-0.2, 0) is 13.6 Å². The van der Waals surface area contributed by atoms with Gasteiger partial charge in [0.1, 0.15) is 11.5 Å². The second kappa shape index (κ2) is 5.38. The van der Waals surface area contributed by atoms with Crippen LogP contribution in [-0.4, -0.2) is 30.1 Å². The molecule has 0 saturated heterocycles. The number of nitrogens with zero attached hydrogens (tertiary/aromatic N) is 5. The summed E-state index contributed by atoms with van der Waals surface area (Å²) in [5.74, 6) is -0.151. The van der Waals surface area contributed by atoms with E-state index in [-0.39, 0.29) is 12.3 Å². The van der Waals surface area contributed by atoms with E-state index in [0.717, 1.165) is 16.1 Å². The lowest BCUT2D eigenvalue weighted by Crippen LogP contribution is -2.27. The molecule has 8 heteroatoms. The number of carbonyl (C=O) groups is 1. The van der Waals surface area contributed by atoms with Gasteiger partial charge in [-0.25, -0.2) is 4.79 Å². The van der Waals surface area contributed by atoms with Crippen LogP contribution in [0.2, 0.25) is 0 Å². The van der Waals surface area contributed by atoms with Gasteiger partial charge in [0.2, 0.25) is 0 Å². The number of ketones is 1. The first-order valence-corrected chi connectivity index (χ1v) is 7.60. The third-order valence-electron chi connectivity index (χ3n) is 3.72. The fourth-order valence-electron chi connectivity index (χ4n) is 2.26. The van der Waals surface area contributed by atoms with Crippen LogP contribution in [0.1, 0.15) is 21.7 Å². The first-order valence-electron chi connectivity index (χ1n) is 6.72. The molecule has 0 unspecified atom stereocenters. The fraction of sp³-hybridized carbons (Fsp3) is 0.286. The van der Waals surface area contributed by atoms with Crippen LogP contribution in [0.3, 0.4) is 0 Å². The fourth-order valence-corrected chi connectivity index (χ4v) is 2.93. The van der Waals surface area contributed by atoms with Crippen molar-refractivity contribution < 1.29 is 4.79 Å². The van der Waals surface area contributed by atoms with E-state index in [4.69, 9.17) is 0 Å². The zero-order valence-corrected chi connectivity index (χ0v) is 13.3. The standard InChI is InChI=1S/C14H15N5O2S/c1-9-7-11(10(2)17(9)3)12(20)8-18-14(21)19(16-15-18)13-5-4-6-22-13/h4-7H,8H2,1-3H3. The van der Waals surface area contributed by atoms with Crippen LogP contribution in [0.4, 0.5) is 0 Å². The predicted octanol–water partition coefficient (Wildman–Crippen LogP) is 1.33. The maximum atomic E-state index is 12.4. The van der Waals surface area contributed by atoms with Gasteiger partial charge in [-0.3, -0.25) is 4.79 Å². The summed E-state index contributed by atoms with van der Waals surface area (Å²) >= 11 is 1.39. The van der Waals surface area contributed by atoms with Crippen LogP contribution in [0.15, 0.2) is 28.4 Å². The minimum absolute atomic E-state index is 0.117. The van der Waals surface area contributed by atoms with Crippen molar-refractivity contribution in [1.29, 1.82) is 0 Å². The molecule has 0 radical (unpaired) electrons. The van der Waals surface area contributed by atoms with Crippen molar-refractivity contribution in [2.45, 2.75) is 20.4 Å². The number of hydrogen-bond donors (Lipinski definition) is 0. The van der Waals surface area contributed by atoms with Crippen molar-refractivity contribution in [3.8, 4) is 5.00 Å². The maximum Gasteiger partial charge on any atom is 0.369 e. The molecule has 0 aromatic carbocycles. The molecule has 3 aromatic heterocycles. The Labute approximate surface area is 130 Å². The molecule has 0 amide bonds. The third kappa shape index (κ3) is 2.31. The van der Waals surface area contributed by atoms with Gasteiger partial charge in [-0.15, -0.1) is 11.3 Å². The van der Waals surface area contributed by atoms with Crippen LogP contribution < -0.4 is 5.69 Å². The zero-order valence-electron chi connectivity index (χ0n) is 12.5. The molecule has 3 rings (SSSR count). The van der Waals surface area contributed by atoms with Crippen molar-refractivity contribution in [2.75, 3.05) is 0 Å². The lowest BCUT2D eigenvalue weighted by molar-refractivity contribution is 0.0965. The summed E-state index contributed by atoms with van der Waals surface area (Å²) < 4.78 is 4.23. The van der Waals surface area contributed by atoms with Gasteiger partial charge in [-0.05, 0) is 47.9 Å². The Morgan fingerprint density at radius 2 is 2.09 bits per heavy atom. The molecule has 114 valence electrons. The second-order valence-corrected chi connectivity index (χ2v) is 5.98. The molecule has 0 N–H and O–H groups in total. The first kappa shape index (κ1) is 14.5. The average Bonchev–Trinajstić information content (AvgIpc) is 3.18. The Morgan fingerprint density at radius 3 is 2.68 bits per heavy atom. The summed E-state index contributed by atoms with van der Waals surface area (Å²) in [6, 6.07) is 5.43. The predicted molar refractivity (Wildman–Crippen MR) is 82.7 cm³/mol. The molecule has 3 heterocycles. The van der Waals surface area contributed by atoms with Crippen molar-refractivity contribution in [3.63, 3.8) is 0 Å². The smallest absolute Gasteiger partial charge is 0.351 e. The van der Waals surface area contributed by atoms with E-state index in [1.54, 1.807) is 6.07 Å². The van der Waals surface area contributed by atoms with E-state index in [2.05, 4.69) is 10.4 Å². The van der Waals surface area contributed by atoms with Gasteiger partial charge < -0.3 is 4.57 Å². The van der Waals surface area contributed by atoms with Gasteiger partial charge in [0.05, 0.1) is 0 Å². The van der Waals surface area contributed by atoms with Crippen LogP contribution in [0.25, 0.3) is 5.00 Å². The van der Waals surface area contributed by atoms with E-state index in [0.29, 0.717) is 10.6 Å². The topological polar surface area (TPSA) is 74.7 Å². The third-order valence-corrected chi connectivity index (χ3v) is 4.57. The summed E-state index contributed by atoms with van der Waals surface area (Å²) in [7, 11) is 1.90. The van der Waals surface area contributed by atoms with Gasteiger partial charge >= 0.3 is 5.69 Å². The van der Waals surface area contributed by atoms with Crippen molar-refractivity contribution in [2.24, 2.45) is 7.05 Å². The first-order chi connectivity index (χ1) is 10.5. The minimum Gasteiger partial charge on any atom is -0.351 e. The highest BCUT2D eigenvalue weighted by Crippen LogP contribution is 2.14. The zero-order chi connectivity index (χ0) is 15.9. The van der Waals surface area contributed by atoms with Gasteiger partial charge in [0.25, 0.3) is 0 Å². The van der Waals surface area contributed by atoms with E-state index in [1.165, 1.54) is 16.0 Å². The van der Waals surface area contributed by atoms with E-state index in [9.17, 15) is 9.59 Å².